The summed E-state index contributed by atoms with van der Waals surface area (Å²) in [6.07, 6.45) is 0.612. The van der Waals surface area contributed by atoms with Gasteiger partial charge in [0.1, 0.15) is 11.9 Å². The number of nitrogens with zero attached hydrogens (tertiary/aromatic N) is 3. The number of piperidine rings is 1. The fourth-order valence-electron chi connectivity index (χ4n) is 4.46. The molecule has 4 N–H and O–H groups in total. The third-order valence-corrected chi connectivity index (χ3v) is 6.15. The number of piperazine rings is 1. The molecule has 3 amide bonds. The first-order chi connectivity index (χ1) is 15.1. The number of aromatic nitrogens is 2. The highest BCUT2D eigenvalue weighted by Crippen LogP contribution is 2.30. The van der Waals surface area contributed by atoms with Crippen LogP contribution < -0.4 is 20.9 Å². The minimum absolute atomic E-state index is 0.158. The van der Waals surface area contributed by atoms with Crippen LogP contribution in [0.3, 0.4) is 0 Å². The molecule has 31 heavy (non-hydrogen) atoms. The first-order valence-electron chi connectivity index (χ1n) is 10.6. The number of fused-ring (bicyclic) bond motifs is 1. The number of carbonyl (C=O) groups excluding carboxylic acids is 3. The fraction of sp³-hybridized carbons (Fsp3) is 0.429. The lowest BCUT2D eigenvalue weighted by Crippen LogP contribution is -2.52. The zero-order valence-corrected chi connectivity index (χ0v) is 17.1. The van der Waals surface area contributed by atoms with Crippen molar-refractivity contribution >= 4 is 29.4 Å². The topological polar surface area (TPSA) is 122 Å². The molecule has 3 aliphatic rings. The molecule has 1 aromatic carbocycles. The molecule has 10 heteroatoms. The smallest absolute Gasteiger partial charge is 0.255 e. The molecular formula is C21H25N7O3. The largest absolute Gasteiger partial charge is 0.366 e. The van der Waals surface area contributed by atoms with Crippen molar-refractivity contribution in [1.82, 2.24) is 25.7 Å². The van der Waals surface area contributed by atoms with Gasteiger partial charge in [-0.3, -0.25) is 24.8 Å². The molecule has 0 radical (unpaired) electrons. The number of H-pyrrole nitrogens is 1. The Hall–Kier alpha value is -3.40. The van der Waals surface area contributed by atoms with Crippen LogP contribution in [0.15, 0.2) is 24.3 Å². The molecule has 1 unspecified atom stereocenters. The van der Waals surface area contributed by atoms with Gasteiger partial charge < -0.3 is 20.4 Å². The van der Waals surface area contributed by atoms with E-state index in [0.717, 1.165) is 48.9 Å². The lowest BCUT2D eigenvalue weighted by Gasteiger charge is -2.29. The molecule has 10 nitrogen and oxygen atoms in total. The summed E-state index contributed by atoms with van der Waals surface area (Å²) in [5, 5.41) is 16.5. The van der Waals surface area contributed by atoms with Crippen LogP contribution in [0, 0.1) is 0 Å². The molecular weight excluding hydrogens is 398 g/mol. The highest BCUT2D eigenvalue weighted by atomic mass is 16.2. The van der Waals surface area contributed by atoms with Crippen LogP contribution in [-0.4, -0.2) is 65.0 Å². The summed E-state index contributed by atoms with van der Waals surface area (Å²) in [4.78, 5) is 40.5. The molecule has 5 rings (SSSR count). The van der Waals surface area contributed by atoms with E-state index in [9.17, 15) is 14.4 Å². The summed E-state index contributed by atoms with van der Waals surface area (Å²) >= 11 is 0. The van der Waals surface area contributed by atoms with Crippen molar-refractivity contribution in [2.75, 3.05) is 36.4 Å². The number of nitrogens with one attached hydrogen (secondary N) is 4. The highest BCUT2D eigenvalue weighted by Gasteiger charge is 2.39. The Morgan fingerprint density at radius 3 is 2.81 bits per heavy atom. The number of rotatable bonds is 5. The Morgan fingerprint density at radius 2 is 2.00 bits per heavy atom. The van der Waals surface area contributed by atoms with E-state index in [0.29, 0.717) is 25.1 Å². The van der Waals surface area contributed by atoms with Crippen LogP contribution in [0.5, 0.6) is 0 Å². The van der Waals surface area contributed by atoms with Crippen LogP contribution in [0.2, 0.25) is 0 Å². The van der Waals surface area contributed by atoms with E-state index < -0.39 is 11.9 Å². The standard InChI is InChI=1S/C21H25N7O3/c29-19-5-4-16(20(30)24-19)28-12-15-13(2-1-3-14(15)21(28)31)11-23-17-10-18(26-25-17)27-8-6-22-7-9-27/h1-3,10,16,22H,4-9,11-12H2,(H2,23,25,26)(H,24,29,30). The summed E-state index contributed by atoms with van der Waals surface area (Å²) in [5.41, 5.74) is 2.54. The van der Waals surface area contributed by atoms with E-state index >= 15 is 0 Å². The van der Waals surface area contributed by atoms with E-state index in [2.05, 4.69) is 31.0 Å². The van der Waals surface area contributed by atoms with Crippen LogP contribution in [0.25, 0.3) is 0 Å². The van der Waals surface area contributed by atoms with Crippen LogP contribution >= 0.6 is 0 Å². The number of aromatic amines is 1. The molecule has 1 atom stereocenters. The SMILES string of the molecule is O=C1CCC(N2Cc3c(CNc4cc(N5CCNCC5)n[nH]4)cccc3C2=O)C(=O)N1. The van der Waals surface area contributed by atoms with Gasteiger partial charge in [0.25, 0.3) is 5.91 Å². The molecule has 0 saturated carbocycles. The summed E-state index contributed by atoms with van der Waals surface area (Å²) in [5.74, 6) is 0.901. The summed E-state index contributed by atoms with van der Waals surface area (Å²) in [6, 6.07) is 7.04. The number of hydrogen-bond acceptors (Lipinski definition) is 7. The van der Waals surface area contributed by atoms with Gasteiger partial charge in [-0.2, -0.15) is 5.10 Å². The number of amides is 3. The minimum Gasteiger partial charge on any atom is -0.366 e. The Morgan fingerprint density at radius 1 is 1.16 bits per heavy atom. The molecule has 2 saturated heterocycles. The van der Waals surface area contributed by atoms with Crippen molar-refractivity contribution in [3.8, 4) is 0 Å². The van der Waals surface area contributed by atoms with Crippen molar-refractivity contribution in [1.29, 1.82) is 0 Å². The maximum atomic E-state index is 12.9. The van der Waals surface area contributed by atoms with E-state index in [1.807, 2.05) is 18.2 Å². The van der Waals surface area contributed by atoms with E-state index in [4.69, 9.17) is 0 Å². The monoisotopic (exact) mass is 423 g/mol. The molecule has 1 aromatic heterocycles. The van der Waals surface area contributed by atoms with Gasteiger partial charge in [0.2, 0.25) is 11.8 Å². The maximum absolute atomic E-state index is 12.9. The molecule has 0 spiro atoms. The van der Waals surface area contributed by atoms with Gasteiger partial charge in [-0.1, -0.05) is 12.1 Å². The minimum atomic E-state index is -0.604. The second kappa shape index (κ2) is 8.03. The van der Waals surface area contributed by atoms with Crippen molar-refractivity contribution in [3.05, 3.63) is 41.0 Å². The van der Waals surface area contributed by atoms with Crippen molar-refractivity contribution in [2.24, 2.45) is 0 Å². The number of hydrogen-bond donors (Lipinski definition) is 4. The number of anilines is 2. The Bertz CT molecular complexity index is 1030. The first kappa shape index (κ1) is 19.6. The van der Waals surface area contributed by atoms with Gasteiger partial charge in [-0.05, 0) is 23.6 Å². The Kier molecular flexibility index (Phi) is 5.06. The zero-order valence-electron chi connectivity index (χ0n) is 17.1. The third-order valence-electron chi connectivity index (χ3n) is 6.15. The van der Waals surface area contributed by atoms with E-state index in [1.165, 1.54) is 0 Å². The second-order valence-electron chi connectivity index (χ2n) is 8.07. The molecule has 0 bridgehead atoms. The van der Waals surface area contributed by atoms with Gasteiger partial charge in [-0.15, -0.1) is 0 Å². The Balaban J connectivity index is 1.28. The fourth-order valence-corrected chi connectivity index (χ4v) is 4.46. The van der Waals surface area contributed by atoms with Gasteiger partial charge in [-0.25, -0.2) is 0 Å². The van der Waals surface area contributed by atoms with Crippen LogP contribution in [-0.2, 0) is 22.7 Å². The van der Waals surface area contributed by atoms with Crippen molar-refractivity contribution in [3.63, 3.8) is 0 Å². The first-order valence-corrected chi connectivity index (χ1v) is 10.6. The van der Waals surface area contributed by atoms with E-state index in [1.54, 1.807) is 11.0 Å². The molecule has 4 heterocycles. The predicted molar refractivity (Wildman–Crippen MR) is 113 cm³/mol. The molecule has 3 aliphatic heterocycles. The lowest BCUT2D eigenvalue weighted by molar-refractivity contribution is -0.136. The maximum Gasteiger partial charge on any atom is 0.255 e. The number of carbonyl (C=O) groups is 3. The van der Waals surface area contributed by atoms with Gasteiger partial charge in [0.05, 0.1) is 0 Å². The normalized spacial score (nSPS) is 21.3. The van der Waals surface area contributed by atoms with E-state index in [-0.39, 0.29) is 18.2 Å². The number of benzene rings is 1. The lowest BCUT2D eigenvalue weighted by atomic mass is 10.0. The summed E-state index contributed by atoms with van der Waals surface area (Å²) in [6.45, 7) is 4.65. The van der Waals surface area contributed by atoms with Gasteiger partial charge >= 0.3 is 0 Å². The average molecular weight is 423 g/mol. The van der Waals surface area contributed by atoms with Crippen LogP contribution in [0.1, 0.15) is 34.3 Å². The second-order valence-corrected chi connectivity index (χ2v) is 8.07. The average Bonchev–Trinajstić information content (AvgIpc) is 3.38. The van der Waals surface area contributed by atoms with Gasteiger partial charge in [0, 0.05) is 57.3 Å². The quantitative estimate of drug-likeness (QED) is 0.507. The zero-order chi connectivity index (χ0) is 21.4. The van der Waals surface area contributed by atoms with Gasteiger partial charge in [0.15, 0.2) is 5.82 Å². The van der Waals surface area contributed by atoms with Crippen LogP contribution in [0.4, 0.5) is 11.6 Å². The predicted octanol–water partition coefficient (Wildman–Crippen LogP) is 0.192. The van der Waals surface area contributed by atoms with Crippen molar-refractivity contribution in [2.45, 2.75) is 32.0 Å². The summed E-state index contributed by atoms with van der Waals surface area (Å²) in [7, 11) is 0. The highest BCUT2D eigenvalue weighted by molar-refractivity contribution is 6.05. The molecule has 162 valence electrons. The number of imide groups is 1. The molecule has 0 aliphatic carbocycles. The summed E-state index contributed by atoms with van der Waals surface area (Å²) < 4.78 is 0. The van der Waals surface area contributed by atoms with Crippen molar-refractivity contribution < 1.29 is 14.4 Å². The molecule has 2 aromatic rings. The Labute approximate surface area is 179 Å². The molecule has 2 fully saturated rings. The third kappa shape index (κ3) is 3.74.